The molecule has 1 aromatic heterocycles. The summed E-state index contributed by atoms with van der Waals surface area (Å²) in [7, 11) is 0. The third kappa shape index (κ3) is 5.12. The first-order valence-corrected chi connectivity index (χ1v) is 11.4. The number of esters is 2. The van der Waals surface area contributed by atoms with Gasteiger partial charge in [-0.3, -0.25) is 0 Å². The number of aromatic nitrogens is 1. The first-order valence-electron chi connectivity index (χ1n) is 10.6. The second-order valence-electron chi connectivity index (χ2n) is 7.53. The second kappa shape index (κ2) is 9.96. The number of pyridine rings is 1. The van der Waals surface area contributed by atoms with Crippen LogP contribution in [0.1, 0.15) is 34.5 Å². The van der Waals surface area contributed by atoms with E-state index in [-0.39, 0.29) is 6.61 Å². The molecule has 1 heterocycles. The monoisotopic (exact) mass is 503 g/mol. The molecule has 1 unspecified atom stereocenters. The molecule has 0 aliphatic rings. The maximum atomic E-state index is 13.4. The second-order valence-corrected chi connectivity index (χ2v) is 8.45. The standard InChI is InChI=1S/C27H22BrNO4/c1-3-32-27(31)25(19-7-5-4-6-8-19)33-26(30)22-16-24(18-11-9-17(2)10-12-18)29-23-14-13-20(28)15-21(22)23/h4-16,25H,3H2,1-2H3. The first-order chi connectivity index (χ1) is 16.0. The van der Waals surface area contributed by atoms with Crippen molar-refractivity contribution in [3.63, 3.8) is 0 Å². The van der Waals surface area contributed by atoms with E-state index < -0.39 is 18.0 Å². The van der Waals surface area contributed by atoms with Gasteiger partial charge in [0.1, 0.15) is 0 Å². The predicted octanol–water partition coefficient (Wildman–Crippen LogP) is 6.43. The molecule has 166 valence electrons. The maximum Gasteiger partial charge on any atom is 0.352 e. The number of carbonyl (C=O) groups is 2. The van der Waals surface area contributed by atoms with Crippen LogP contribution in [0.3, 0.4) is 0 Å². The number of hydrogen-bond donors (Lipinski definition) is 0. The normalized spacial score (nSPS) is 11.7. The summed E-state index contributed by atoms with van der Waals surface area (Å²) in [6.45, 7) is 3.91. The van der Waals surface area contributed by atoms with E-state index in [1.807, 2.05) is 55.5 Å². The van der Waals surface area contributed by atoms with Crippen LogP contribution in [0.4, 0.5) is 0 Å². The fourth-order valence-electron chi connectivity index (χ4n) is 3.51. The summed E-state index contributed by atoms with van der Waals surface area (Å²) in [5.41, 5.74) is 4.16. The van der Waals surface area contributed by atoms with Gasteiger partial charge in [0.2, 0.25) is 6.10 Å². The summed E-state index contributed by atoms with van der Waals surface area (Å²) in [5, 5.41) is 0.626. The Morgan fingerprint density at radius 1 is 0.970 bits per heavy atom. The summed E-state index contributed by atoms with van der Waals surface area (Å²) in [5.74, 6) is -1.24. The fraction of sp³-hybridized carbons (Fsp3) is 0.148. The van der Waals surface area contributed by atoms with E-state index in [1.165, 1.54) is 0 Å². The molecular weight excluding hydrogens is 482 g/mol. The van der Waals surface area contributed by atoms with Crippen molar-refractivity contribution in [2.75, 3.05) is 6.61 Å². The summed E-state index contributed by atoms with van der Waals surface area (Å²) in [4.78, 5) is 30.8. The van der Waals surface area contributed by atoms with Crippen molar-refractivity contribution in [3.8, 4) is 11.3 Å². The molecule has 5 nitrogen and oxygen atoms in total. The fourth-order valence-corrected chi connectivity index (χ4v) is 3.87. The Kier molecular flexibility index (Phi) is 6.84. The SMILES string of the molecule is CCOC(=O)C(OC(=O)c1cc(-c2ccc(C)cc2)nc2ccc(Br)cc12)c1ccccc1. The van der Waals surface area contributed by atoms with Crippen molar-refractivity contribution in [1.29, 1.82) is 0 Å². The smallest absolute Gasteiger partial charge is 0.352 e. The van der Waals surface area contributed by atoms with Crippen molar-refractivity contribution >= 4 is 38.8 Å². The number of aryl methyl sites for hydroxylation is 1. The lowest BCUT2D eigenvalue weighted by Gasteiger charge is -2.18. The number of nitrogens with zero attached hydrogens (tertiary/aromatic N) is 1. The minimum absolute atomic E-state index is 0.183. The van der Waals surface area contributed by atoms with Crippen molar-refractivity contribution in [1.82, 2.24) is 4.98 Å². The van der Waals surface area contributed by atoms with Crippen LogP contribution in [0.25, 0.3) is 22.2 Å². The van der Waals surface area contributed by atoms with Gasteiger partial charge in [0.25, 0.3) is 0 Å². The van der Waals surface area contributed by atoms with Crippen molar-refractivity contribution in [2.45, 2.75) is 20.0 Å². The van der Waals surface area contributed by atoms with Crippen LogP contribution in [0.15, 0.2) is 83.3 Å². The van der Waals surface area contributed by atoms with Gasteiger partial charge in [0, 0.05) is 21.0 Å². The van der Waals surface area contributed by atoms with Crippen LogP contribution >= 0.6 is 15.9 Å². The van der Waals surface area contributed by atoms with Gasteiger partial charge in [-0.15, -0.1) is 0 Å². The third-order valence-electron chi connectivity index (χ3n) is 5.17. The number of fused-ring (bicyclic) bond motifs is 1. The average molecular weight is 504 g/mol. The molecule has 0 saturated heterocycles. The molecule has 0 saturated carbocycles. The molecule has 1 atom stereocenters. The van der Waals surface area contributed by atoms with E-state index in [1.54, 1.807) is 37.3 Å². The molecule has 0 amide bonds. The first kappa shape index (κ1) is 22.7. The molecule has 33 heavy (non-hydrogen) atoms. The Labute approximate surface area is 200 Å². The zero-order valence-electron chi connectivity index (χ0n) is 18.2. The predicted molar refractivity (Wildman–Crippen MR) is 131 cm³/mol. The highest BCUT2D eigenvalue weighted by Crippen LogP contribution is 2.30. The average Bonchev–Trinajstić information content (AvgIpc) is 2.83. The number of halogens is 1. The lowest BCUT2D eigenvalue weighted by molar-refractivity contribution is -0.153. The molecule has 0 bridgehead atoms. The maximum absolute atomic E-state index is 13.4. The van der Waals surface area contributed by atoms with E-state index >= 15 is 0 Å². The Balaban J connectivity index is 1.79. The van der Waals surface area contributed by atoms with Gasteiger partial charge in [-0.05, 0) is 38.1 Å². The number of carbonyl (C=O) groups excluding carboxylic acids is 2. The van der Waals surface area contributed by atoms with Gasteiger partial charge in [-0.25, -0.2) is 14.6 Å². The summed E-state index contributed by atoms with van der Waals surface area (Å²) in [6, 6.07) is 24.0. The van der Waals surface area contributed by atoms with Crippen LogP contribution in [0, 0.1) is 6.92 Å². The molecular formula is C27H22BrNO4. The lowest BCUT2D eigenvalue weighted by atomic mass is 10.0. The largest absolute Gasteiger partial charge is 0.463 e. The highest BCUT2D eigenvalue weighted by atomic mass is 79.9. The van der Waals surface area contributed by atoms with Crippen LogP contribution < -0.4 is 0 Å². The number of rotatable bonds is 6. The highest BCUT2D eigenvalue weighted by molar-refractivity contribution is 9.10. The van der Waals surface area contributed by atoms with Crippen molar-refractivity contribution in [2.24, 2.45) is 0 Å². The van der Waals surface area contributed by atoms with E-state index in [4.69, 9.17) is 14.5 Å². The van der Waals surface area contributed by atoms with Gasteiger partial charge >= 0.3 is 11.9 Å². The third-order valence-corrected chi connectivity index (χ3v) is 5.66. The van der Waals surface area contributed by atoms with Gasteiger partial charge < -0.3 is 9.47 Å². The molecule has 4 rings (SSSR count). The summed E-state index contributed by atoms with van der Waals surface area (Å²) < 4.78 is 11.7. The molecule has 0 fully saturated rings. The molecule has 0 spiro atoms. The number of benzene rings is 3. The van der Waals surface area contributed by atoms with Gasteiger partial charge in [-0.2, -0.15) is 0 Å². The molecule has 0 N–H and O–H groups in total. The Hall–Kier alpha value is -3.51. The Morgan fingerprint density at radius 3 is 2.39 bits per heavy atom. The molecule has 0 radical (unpaired) electrons. The molecule has 0 aliphatic heterocycles. The van der Waals surface area contributed by atoms with Crippen LogP contribution in [-0.2, 0) is 14.3 Å². The van der Waals surface area contributed by atoms with Crippen molar-refractivity contribution < 1.29 is 19.1 Å². The van der Waals surface area contributed by atoms with Crippen molar-refractivity contribution in [3.05, 3.63) is 100 Å². The topological polar surface area (TPSA) is 65.5 Å². The minimum atomic E-state index is -1.17. The van der Waals surface area contributed by atoms with Crippen LogP contribution in [0.5, 0.6) is 0 Å². The van der Waals surface area contributed by atoms with Gasteiger partial charge in [0.15, 0.2) is 0 Å². The summed E-state index contributed by atoms with van der Waals surface area (Å²) >= 11 is 3.46. The highest BCUT2D eigenvalue weighted by Gasteiger charge is 2.28. The summed E-state index contributed by atoms with van der Waals surface area (Å²) in [6.07, 6.45) is -1.17. The lowest BCUT2D eigenvalue weighted by Crippen LogP contribution is -2.22. The zero-order chi connectivity index (χ0) is 23.4. The zero-order valence-corrected chi connectivity index (χ0v) is 19.8. The van der Waals surface area contributed by atoms with Gasteiger partial charge in [0.05, 0.1) is 23.4 Å². The molecule has 6 heteroatoms. The van der Waals surface area contributed by atoms with E-state index in [0.29, 0.717) is 27.7 Å². The van der Waals surface area contributed by atoms with Crippen LogP contribution in [0.2, 0.25) is 0 Å². The van der Waals surface area contributed by atoms with E-state index in [2.05, 4.69) is 15.9 Å². The number of ether oxygens (including phenoxy) is 2. The van der Waals surface area contributed by atoms with E-state index in [0.717, 1.165) is 15.6 Å². The van der Waals surface area contributed by atoms with Crippen LogP contribution in [-0.4, -0.2) is 23.5 Å². The Bertz CT molecular complexity index is 1300. The number of hydrogen-bond acceptors (Lipinski definition) is 5. The molecule has 0 aliphatic carbocycles. The quantitative estimate of drug-likeness (QED) is 0.283. The van der Waals surface area contributed by atoms with Gasteiger partial charge in [-0.1, -0.05) is 76.1 Å². The Morgan fingerprint density at radius 2 is 1.70 bits per heavy atom. The van der Waals surface area contributed by atoms with E-state index in [9.17, 15) is 9.59 Å². The molecule has 3 aromatic carbocycles. The molecule has 4 aromatic rings. The minimum Gasteiger partial charge on any atom is -0.463 e.